The molecule has 0 amide bonds. The Morgan fingerprint density at radius 2 is 1.43 bits per heavy atom. The van der Waals surface area contributed by atoms with Gasteiger partial charge in [-0.15, -0.1) is 0 Å². The summed E-state index contributed by atoms with van der Waals surface area (Å²) in [7, 11) is 0. The number of nitrogens with zero attached hydrogens (tertiary/aromatic N) is 3. The fourth-order valence-corrected chi connectivity index (χ4v) is 4.36. The van der Waals surface area contributed by atoms with Gasteiger partial charge >= 0.3 is 0 Å². The highest BCUT2D eigenvalue weighted by Gasteiger charge is 2.27. The first-order valence-corrected chi connectivity index (χ1v) is 9.24. The maximum absolute atomic E-state index is 3.47. The van der Waals surface area contributed by atoms with E-state index in [4.69, 9.17) is 0 Å². The Labute approximate surface area is 130 Å². The summed E-state index contributed by atoms with van der Waals surface area (Å²) in [5, 5.41) is 3.47. The van der Waals surface area contributed by atoms with Crippen molar-refractivity contribution >= 4 is 0 Å². The number of nitrogens with one attached hydrogen (secondary N) is 1. The Hall–Kier alpha value is -0.160. The molecule has 0 aromatic rings. The van der Waals surface area contributed by atoms with Gasteiger partial charge < -0.3 is 15.1 Å². The molecular formula is C17H34N4. The summed E-state index contributed by atoms with van der Waals surface area (Å²) in [6, 6.07) is 0.866. The van der Waals surface area contributed by atoms with E-state index in [2.05, 4.69) is 26.9 Å². The molecule has 0 unspecified atom stereocenters. The molecule has 3 fully saturated rings. The predicted molar refractivity (Wildman–Crippen MR) is 88.7 cm³/mol. The van der Waals surface area contributed by atoms with Gasteiger partial charge in [0.1, 0.15) is 0 Å². The molecule has 0 bridgehead atoms. The zero-order valence-electron chi connectivity index (χ0n) is 13.9. The van der Waals surface area contributed by atoms with Gasteiger partial charge in [-0.05, 0) is 64.3 Å². The van der Waals surface area contributed by atoms with Gasteiger partial charge in [-0.25, -0.2) is 0 Å². The van der Waals surface area contributed by atoms with Crippen molar-refractivity contribution in [3.05, 3.63) is 0 Å². The SMILES string of the molecule is CCN1CCC(CN2CCC(N3CCNCC3)CC2)CC1. The molecule has 4 nitrogen and oxygen atoms in total. The smallest absolute Gasteiger partial charge is 0.0121 e. The second-order valence-electron chi connectivity index (χ2n) is 7.20. The Kier molecular flexibility index (Phi) is 5.92. The van der Waals surface area contributed by atoms with Crippen LogP contribution in [0.3, 0.4) is 0 Å². The highest BCUT2D eigenvalue weighted by molar-refractivity contribution is 4.84. The topological polar surface area (TPSA) is 21.8 Å². The molecule has 0 aromatic carbocycles. The molecular weight excluding hydrogens is 260 g/mol. The number of hydrogen-bond acceptors (Lipinski definition) is 4. The molecule has 1 N–H and O–H groups in total. The quantitative estimate of drug-likeness (QED) is 0.838. The van der Waals surface area contributed by atoms with Crippen LogP contribution in [0.4, 0.5) is 0 Å². The van der Waals surface area contributed by atoms with Crippen LogP contribution in [0.2, 0.25) is 0 Å². The summed E-state index contributed by atoms with van der Waals surface area (Å²) in [5.74, 6) is 0.962. The van der Waals surface area contributed by atoms with Gasteiger partial charge in [-0.1, -0.05) is 6.92 Å². The lowest BCUT2D eigenvalue weighted by molar-refractivity contribution is 0.0792. The Bertz CT molecular complexity index is 287. The van der Waals surface area contributed by atoms with E-state index in [1.54, 1.807) is 0 Å². The molecule has 0 radical (unpaired) electrons. The van der Waals surface area contributed by atoms with E-state index in [1.807, 2.05) is 0 Å². The van der Waals surface area contributed by atoms with Crippen LogP contribution in [-0.2, 0) is 0 Å². The highest BCUT2D eigenvalue weighted by Crippen LogP contribution is 2.22. The van der Waals surface area contributed by atoms with Crippen molar-refractivity contribution in [3.63, 3.8) is 0 Å². The number of likely N-dealkylation sites (tertiary alicyclic amines) is 2. The second-order valence-corrected chi connectivity index (χ2v) is 7.20. The van der Waals surface area contributed by atoms with E-state index >= 15 is 0 Å². The van der Waals surface area contributed by atoms with Crippen LogP contribution >= 0.6 is 0 Å². The maximum atomic E-state index is 3.47. The lowest BCUT2D eigenvalue weighted by Gasteiger charge is -2.42. The number of piperazine rings is 1. The third-order valence-electron chi connectivity index (χ3n) is 5.90. The fourth-order valence-electron chi connectivity index (χ4n) is 4.36. The first kappa shape index (κ1) is 15.7. The van der Waals surface area contributed by atoms with Gasteiger partial charge in [0.25, 0.3) is 0 Å². The Morgan fingerprint density at radius 1 is 0.810 bits per heavy atom. The third kappa shape index (κ3) is 4.41. The third-order valence-corrected chi connectivity index (χ3v) is 5.90. The van der Waals surface area contributed by atoms with E-state index in [0.29, 0.717) is 0 Å². The largest absolute Gasteiger partial charge is 0.314 e. The van der Waals surface area contributed by atoms with Gasteiger partial charge in [0.2, 0.25) is 0 Å². The van der Waals surface area contributed by atoms with Crippen molar-refractivity contribution in [2.45, 2.75) is 38.6 Å². The number of piperidine rings is 2. The van der Waals surface area contributed by atoms with Crippen LogP contribution in [0.5, 0.6) is 0 Å². The summed E-state index contributed by atoms with van der Waals surface area (Å²) < 4.78 is 0. The van der Waals surface area contributed by atoms with Crippen molar-refractivity contribution in [1.82, 2.24) is 20.0 Å². The van der Waals surface area contributed by atoms with E-state index in [0.717, 1.165) is 12.0 Å². The van der Waals surface area contributed by atoms with Crippen LogP contribution in [0.1, 0.15) is 32.6 Å². The van der Waals surface area contributed by atoms with Crippen molar-refractivity contribution < 1.29 is 0 Å². The first-order valence-electron chi connectivity index (χ1n) is 9.24. The van der Waals surface area contributed by atoms with Crippen LogP contribution in [-0.4, -0.2) is 86.2 Å². The van der Waals surface area contributed by atoms with Crippen molar-refractivity contribution in [2.24, 2.45) is 5.92 Å². The molecule has 0 aliphatic carbocycles. The molecule has 4 heteroatoms. The molecule has 3 aliphatic rings. The molecule has 3 saturated heterocycles. The Morgan fingerprint density at radius 3 is 2.05 bits per heavy atom. The van der Waals surface area contributed by atoms with E-state index in [9.17, 15) is 0 Å². The van der Waals surface area contributed by atoms with Crippen molar-refractivity contribution in [2.75, 3.05) is 65.4 Å². The number of rotatable bonds is 4. The van der Waals surface area contributed by atoms with E-state index in [1.165, 1.54) is 91.1 Å². The average molecular weight is 294 g/mol. The molecule has 0 atom stereocenters. The van der Waals surface area contributed by atoms with E-state index < -0.39 is 0 Å². The zero-order valence-corrected chi connectivity index (χ0v) is 13.9. The predicted octanol–water partition coefficient (Wildman–Crippen LogP) is 1.09. The van der Waals surface area contributed by atoms with Gasteiger partial charge in [-0.3, -0.25) is 4.90 Å². The number of hydrogen-bond donors (Lipinski definition) is 1. The van der Waals surface area contributed by atoms with Crippen LogP contribution in [0.15, 0.2) is 0 Å². The van der Waals surface area contributed by atoms with E-state index in [-0.39, 0.29) is 0 Å². The first-order chi connectivity index (χ1) is 10.3. The van der Waals surface area contributed by atoms with Gasteiger partial charge in [0.05, 0.1) is 0 Å². The molecule has 3 aliphatic heterocycles. The Balaban J connectivity index is 1.36. The minimum absolute atomic E-state index is 0.866. The van der Waals surface area contributed by atoms with Gasteiger partial charge in [0, 0.05) is 38.8 Å². The molecule has 0 saturated carbocycles. The van der Waals surface area contributed by atoms with Gasteiger partial charge in [0.15, 0.2) is 0 Å². The van der Waals surface area contributed by atoms with Crippen molar-refractivity contribution in [3.8, 4) is 0 Å². The zero-order chi connectivity index (χ0) is 14.5. The van der Waals surface area contributed by atoms with Crippen LogP contribution in [0.25, 0.3) is 0 Å². The molecule has 21 heavy (non-hydrogen) atoms. The normalized spacial score (nSPS) is 29.0. The summed E-state index contributed by atoms with van der Waals surface area (Å²) in [5.41, 5.74) is 0. The minimum Gasteiger partial charge on any atom is -0.314 e. The second kappa shape index (κ2) is 7.91. The standard InChI is InChI=1S/C17H34N4/c1-2-19-9-3-16(4-10-19)15-20-11-5-17(6-12-20)21-13-7-18-8-14-21/h16-18H,2-15H2,1H3. The van der Waals surface area contributed by atoms with Crippen LogP contribution < -0.4 is 5.32 Å². The lowest BCUT2D eigenvalue weighted by atomic mass is 9.94. The molecule has 3 heterocycles. The molecule has 0 spiro atoms. The summed E-state index contributed by atoms with van der Waals surface area (Å²) in [4.78, 5) is 8.09. The monoisotopic (exact) mass is 294 g/mol. The molecule has 122 valence electrons. The van der Waals surface area contributed by atoms with Crippen LogP contribution in [0, 0.1) is 5.92 Å². The van der Waals surface area contributed by atoms with Gasteiger partial charge in [-0.2, -0.15) is 0 Å². The average Bonchev–Trinajstić information content (AvgIpc) is 2.57. The maximum Gasteiger partial charge on any atom is 0.0121 e. The fraction of sp³-hybridized carbons (Fsp3) is 1.00. The molecule has 0 aromatic heterocycles. The summed E-state index contributed by atoms with van der Waals surface area (Å²) in [6.07, 6.45) is 5.64. The summed E-state index contributed by atoms with van der Waals surface area (Å²) in [6.45, 7) is 15.1. The van der Waals surface area contributed by atoms with Crippen molar-refractivity contribution in [1.29, 1.82) is 0 Å². The summed E-state index contributed by atoms with van der Waals surface area (Å²) >= 11 is 0. The minimum atomic E-state index is 0.866. The lowest BCUT2D eigenvalue weighted by Crippen LogP contribution is -2.52. The highest BCUT2D eigenvalue weighted by atomic mass is 15.2. The molecule has 3 rings (SSSR count).